The quantitative estimate of drug-likeness (QED) is 0.563. The van der Waals surface area contributed by atoms with Crippen LogP contribution in [0.15, 0.2) is 53.5 Å². The maximum absolute atomic E-state index is 13.2. The van der Waals surface area contributed by atoms with E-state index < -0.39 is 0 Å². The summed E-state index contributed by atoms with van der Waals surface area (Å²) in [5, 5.41) is 1.25. The van der Waals surface area contributed by atoms with Crippen LogP contribution in [0.3, 0.4) is 0 Å². The molecular weight excluding hydrogens is 404 g/mol. The fourth-order valence-corrected chi connectivity index (χ4v) is 6.06. The number of hydrogen-bond donors (Lipinski definition) is 1. The van der Waals surface area contributed by atoms with E-state index >= 15 is 0 Å². The molecule has 0 amide bonds. The fraction of sp³-hybridized carbons (Fsp3) is 0.400. The van der Waals surface area contributed by atoms with Gasteiger partial charge in [0.25, 0.3) is 0 Å². The molecule has 0 saturated heterocycles. The Bertz CT molecular complexity index is 1130. The molecule has 1 saturated carbocycles. The van der Waals surface area contributed by atoms with Gasteiger partial charge in [-0.05, 0) is 48.9 Å². The molecule has 1 aliphatic carbocycles. The van der Waals surface area contributed by atoms with E-state index in [-0.39, 0.29) is 11.7 Å². The number of carbonyl (C=O) groups is 1. The zero-order valence-electron chi connectivity index (χ0n) is 17.8. The lowest BCUT2D eigenvalue weighted by Crippen LogP contribution is -2.19. The van der Waals surface area contributed by atoms with Crippen LogP contribution in [0.1, 0.15) is 48.5 Å². The van der Waals surface area contributed by atoms with Gasteiger partial charge in [0.15, 0.2) is 11.0 Å². The number of nitrogen functional groups attached to an aromatic ring is 1. The van der Waals surface area contributed by atoms with Crippen molar-refractivity contribution >= 4 is 39.7 Å². The summed E-state index contributed by atoms with van der Waals surface area (Å²) in [6.45, 7) is 2.84. The van der Waals surface area contributed by atoms with E-state index in [4.69, 9.17) is 10.7 Å². The van der Waals surface area contributed by atoms with Crippen molar-refractivity contribution in [1.82, 2.24) is 9.55 Å². The van der Waals surface area contributed by atoms with Gasteiger partial charge in [-0.25, -0.2) is 4.98 Å². The van der Waals surface area contributed by atoms with E-state index in [1.165, 1.54) is 18.4 Å². The van der Waals surface area contributed by atoms with E-state index in [1.807, 2.05) is 28.8 Å². The van der Waals surface area contributed by atoms with Crippen molar-refractivity contribution in [2.24, 2.45) is 16.8 Å². The van der Waals surface area contributed by atoms with Gasteiger partial charge in [0.2, 0.25) is 5.95 Å². The van der Waals surface area contributed by atoms with E-state index in [2.05, 4.69) is 36.2 Å². The molecule has 5 rings (SSSR count). The van der Waals surface area contributed by atoms with E-state index in [0.29, 0.717) is 17.1 Å². The van der Waals surface area contributed by atoms with Crippen LogP contribution in [0, 0.1) is 11.8 Å². The molecule has 2 unspecified atom stereocenters. The van der Waals surface area contributed by atoms with Gasteiger partial charge >= 0.3 is 0 Å². The highest BCUT2D eigenvalue weighted by Crippen LogP contribution is 2.34. The Morgan fingerprint density at radius 2 is 1.97 bits per heavy atom. The van der Waals surface area contributed by atoms with E-state index in [9.17, 15) is 4.79 Å². The minimum absolute atomic E-state index is 0.0575. The first-order chi connectivity index (χ1) is 15.1. The van der Waals surface area contributed by atoms with Crippen LogP contribution >= 0.6 is 11.8 Å². The van der Waals surface area contributed by atoms with Gasteiger partial charge in [0.1, 0.15) is 0 Å². The molecule has 3 aromatic rings. The Labute approximate surface area is 187 Å². The number of rotatable bonds is 5. The number of nitrogens with zero attached hydrogens (tertiary/aromatic N) is 3. The molecule has 1 aromatic heterocycles. The maximum atomic E-state index is 13.2. The number of thioether (sulfide) groups is 1. The smallest absolute Gasteiger partial charge is 0.207 e. The Kier molecular flexibility index (Phi) is 5.57. The lowest BCUT2D eigenvalue weighted by Gasteiger charge is -2.17. The highest BCUT2D eigenvalue weighted by atomic mass is 32.2. The van der Waals surface area contributed by atoms with Gasteiger partial charge in [-0.2, -0.15) is 0 Å². The predicted molar refractivity (Wildman–Crippen MR) is 129 cm³/mol. The first-order valence-corrected chi connectivity index (χ1v) is 12.1. The van der Waals surface area contributed by atoms with Crippen molar-refractivity contribution in [2.75, 3.05) is 12.3 Å². The van der Waals surface area contributed by atoms with Gasteiger partial charge in [-0.1, -0.05) is 61.9 Å². The summed E-state index contributed by atoms with van der Waals surface area (Å²) in [5.41, 5.74) is 10.0. The van der Waals surface area contributed by atoms with Gasteiger partial charge < -0.3 is 5.73 Å². The number of aliphatic imine (C=N–C) groups is 1. The minimum Gasteiger partial charge on any atom is -0.369 e. The summed E-state index contributed by atoms with van der Waals surface area (Å²) >= 11 is 1.74. The Morgan fingerprint density at radius 1 is 1.19 bits per heavy atom. The number of carbonyl (C=O) groups excluding carboxylic acids is 1. The number of hydrogen-bond acceptors (Lipinski definition) is 5. The Morgan fingerprint density at radius 3 is 2.74 bits per heavy atom. The van der Waals surface area contributed by atoms with Crippen molar-refractivity contribution in [2.45, 2.75) is 44.3 Å². The molecule has 2 heterocycles. The molecule has 6 heteroatoms. The summed E-state index contributed by atoms with van der Waals surface area (Å²) < 4.78 is 1.92. The molecule has 0 radical (unpaired) electrons. The van der Waals surface area contributed by atoms with Crippen LogP contribution in [0.5, 0.6) is 0 Å². The number of fused-ring (bicyclic) bond motifs is 1. The number of Topliss-reactive ketones (excluding diaryl/α,β-unsaturated/α-hetero) is 1. The monoisotopic (exact) mass is 432 g/mol. The average Bonchev–Trinajstić information content (AvgIpc) is 3.52. The normalized spacial score (nSPS) is 20.3. The van der Waals surface area contributed by atoms with Crippen molar-refractivity contribution in [3.05, 3.63) is 59.7 Å². The zero-order valence-corrected chi connectivity index (χ0v) is 18.6. The molecule has 2 aliphatic rings. The predicted octanol–water partition coefficient (Wildman–Crippen LogP) is 5.19. The van der Waals surface area contributed by atoms with Crippen LogP contribution in [-0.4, -0.2) is 32.3 Å². The molecule has 31 heavy (non-hydrogen) atoms. The lowest BCUT2D eigenvalue weighted by atomic mass is 9.86. The topological polar surface area (TPSA) is 73.3 Å². The highest BCUT2D eigenvalue weighted by Gasteiger charge is 2.29. The number of ketones is 1. The molecular formula is C25H28N4OS. The standard InChI is InChI=1S/C25H28N4OS/c1-16(18-9-5-6-10-18)23(30)19-11-12-21-22(14-19)29(24(26)28-21)25-27-15-20(31-25)13-17-7-3-2-4-8-17/h2-4,7-8,11-12,14,16,18,20H,5-6,9-10,13,15H2,1H3,(H2,26,28). The third-order valence-corrected chi connectivity index (χ3v) is 7.86. The first-order valence-electron chi connectivity index (χ1n) is 11.2. The third kappa shape index (κ3) is 4.01. The largest absolute Gasteiger partial charge is 0.369 e. The van der Waals surface area contributed by atoms with Crippen molar-refractivity contribution in [3.63, 3.8) is 0 Å². The average molecular weight is 433 g/mol. The second-order valence-corrected chi connectivity index (χ2v) is 10.0. The van der Waals surface area contributed by atoms with E-state index in [1.54, 1.807) is 11.8 Å². The number of aromatic nitrogens is 2. The molecule has 1 aliphatic heterocycles. The molecule has 2 atom stereocenters. The molecule has 5 nitrogen and oxygen atoms in total. The number of nitrogens with two attached hydrogens (primary N) is 1. The van der Waals surface area contributed by atoms with Gasteiger partial charge in [0.05, 0.1) is 17.6 Å². The van der Waals surface area contributed by atoms with Crippen LogP contribution in [0.25, 0.3) is 11.0 Å². The van der Waals surface area contributed by atoms with Crippen LogP contribution in [0.4, 0.5) is 5.95 Å². The summed E-state index contributed by atoms with van der Waals surface area (Å²) in [6, 6.07) is 16.3. The van der Waals surface area contributed by atoms with Crippen molar-refractivity contribution in [3.8, 4) is 0 Å². The van der Waals surface area contributed by atoms with Gasteiger partial charge in [0, 0.05) is 16.7 Å². The van der Waals surface area contributed by atoms with E-state index in [0.717, 1.165) is 47.6 Å². The molecule has 160 valence electrons. The van der Waals surface area contributed by atoms with Crippen molar-refractivity contribution < 1.29 is 4.79 Å². The molecule has 0 bridgehead atoms. The van der Waals surface area contributed by atoms with Crippen LogP contribution in [0.2, 0.25) is 0 Å². The number of benzene rings is 2. The molecule has 2 aromatic carbocycles. The van der Waals surface area contributed by atoms with Gasteiger partial charge in [-0.3, -0.25) is 14.4 Å². The second kappa shape index (κ2) is 8.50. The molecule has 0 spiro atoms. The molecule has 1 fully saturated rings. The first kappa shape index (κ1) is 20.3. The molecule has 2 N–H and O–H groups in total. The summed E-state index contributed by atoms with van der Waals surface area (Å²) in [7, 11) is 0. The Hall–Kier alpha value is -2.60. The van der Waals surface area contributed by atoms with Gasteiger partial charge in [-0.15, -0.1) is 0 Å². The summed E-state index contributed by atoms with van der Waals surface area (Å²) in [5.74, 6) is 1.21. The highest BCUT2D eigenvalue weighted by molar-refractivity contribution is 8.14. The second-order valence-electron chi connectivity index (χ2n) is 8.76. The number of anilines is 1. The summed E-state index contributed by atoms with van der Waals surface area (Å²) in [6.07, 6.45) is 5.78. The summed E-state index contributed by atoms with van der Waals surface area (Å²) in [4.78, 5) is 22.5. The van der Waals surface area contributed by atoms with Crippen molar-refractivity contribution in [1.29, 1.82) is 0 Å². The lowest BCUT2D eigenvalue weighted by molar-refractivity contribution is 0.0888. The zero-order chi connectivity index (χ0) is 21.4. The SMILES string of the molecule is CC(C(=O)c1ccc2nc(N)n(C3=NCC(Cc4ccccc4)S3)c2c1)C1CCCC1. The minimum atomic E-state index is 0.0575. The van der Waals surface area contributed by atoms with Crippen LogP contribution in [-0.2, 0) is 6.42 Å². The Balaban J connectivity index is 1.39. The third-order valence-electron chi connectivity index (χ3n) is 6.69. The van der Waals surface area contributed by atoms with Crippen LogP contribution < -0.4 is 5.73 Å². The maximum Gasteiger partial charge on any atom is 0.207 e. The fourth-order valence-electron chi connectivity index (χ4n) is 4.89. The number of imidazole rings is 1.